The molecule has 1 amide bonds. The van der Waals surface area contributed by atoms with Crippen LogP contribution in [0, 0.1) is 6.92 Å². The number of benzene rings is 2. The minimum atomic E-state index is -0.137. The molecule has 3 aromatic rings. The molecule has 2 aromatic carbocycles. The molecule has 0 radical (unpaired) electrons. The van der Waals surface area contributed by atoms with Crippen molar-refractivity contribution in [3.05, 3.63) is 71.5 Å². The predicted molar refractivity (Wildman–Crippen MR) is 107 cm³/mol. The zero-order valence-corrected chi connectivity index (χ0v) is 15.9. The van der Waals surface area contributed by atoms with Crippen LogP contribution in [0.3, 0.4) is 0 Å². The van der Waals surface area contributed by atoms with Gasteiger partial charge in [-0.15, -0.1) is 0 Å². The Hall–Kier alpha value is -3.12. The Labute approximate surface area is 164 Å². The Bertz CT molecular complexity index is 926. The zero-order chi connectivity index (χ0) is 19.3. The number of anilines is 1. The van der Waals surface area contributed by atoms with Gasteiger partial charge in [-0.2, -0.15) is 0 Å². The zero-order valence-electron chi connectivity index (χ0n) is 15.9. The maximum absolute atomic E-state index is 12.4. The monoisotopic (exact) mass is 377 g/mol. The molecule has 0 spiro atoms. The van der Waals surface area contributed by atoms with E-state index in [0.29, 0.717) is 17.9 Å². The molecule has 1 aliphatic heterocycles. The van der Waals surface area contributed by atoms with Crippen LogP contribution in [0.2, 0.25) is 0 Å². The van der Waals surface area contributed by atoms with Gasteiger partial charge in [0.05, 0.1) is 19.8 Å². The molecular formula is C22H23N3O3. The molecule has 0 aliphatic carbocycles. The first-order valence-electron chi connectivity index (χ1n) is 9.43. The molecular weight excluding hydrogens is 354 g/mol. The van der Waals surface area contributed by atoms with E-state index in [0.717, 1.165) is 43.2 Å². The molecule has 0 saturated carbocycles. The van der Waals surface area contributed by atoms with E-state index in [1.807, 2.05) is 61.5 Å². The molecule has 6 heteroatoms. The van der Waals surface area contributed by atoms with Gasteiger partial charge >= 0.3 is 0 Å². The number of carbonyl (C=O) groups excluding carboxylic acids is 1. The minimum absolute atomic E-state index is 0.137. The summed E-state index contributed by atoms with van der Waals surface area (Å²) in [4.78, 5) is 14.7. The van der Waals surface area contributed by atoms with Gasteiger partial charge in [0.1, 0.15) is 5.69 Å². The standard InChI is InChI=1S/C22H23N3O3/c1-16-2-4-17(5-3-16)21-14-20(28-24-21)15-23-22(26)18-6-8-19(9-7-18)25-10-12-27-13-11-25/h2-9,14H,10-13,15H2,1H3,(H,23,26). The summed E-state index contributed by atoms with van der Waals surface area (Å²) in [6.45, 7) is 5.57. The van der Waals surface area contributed by atoms with Gasteiger partial charge in [0.2, 0.25) is 0 Å². The van der Waals surface area contributed by atoms with Crippen LogP contribution >= 0.6 is 0 Å². The topological polar surface area (TPSA) is 67.6 Å². The Morgan fingerprint density at radius 1 is 1.07 bits per heavy atom. The second-order valence-corrected chi connectivity index (χ2v) is 6.87. The van der Waals surface area contributed by atoms with E-state index in [1.54, 1.807) is 0 Å². The van der Waals surface area contributed by atoms with Crippen LogP contribution in [-0.4, -0.2) is 37.4 Å². The summed E-state index contributed by atoms with van der Waals surface area (Å²) in [5, 5.41) is 6.97. The first-order chi connectivity index (χ1) is 13.7. The smallest absolute Gasteiger partial charge is 0.251 e. The van der Waals surface area contributed by atoms with E-state index in [-0.39, 0.29) is 5.91 Å². The Kier molecular flexibility index (Phi) is 5.39. The van der Waals surface area contributed by atoms with Crippen molar-refractivity contribution in [1.82, 2.24) is 10.5 Å². The fourth-order valence-electron chi connectivity index (χ4n) is 3.17. The third-order valence-electron chi connectivity index (χ3n) is 4.84. The van der Waals surface area contributed by atoms with Crippen molar-refractivity contribution in [3.63, 3.8) is 0 Å². The molecule has 144 valence electrons. The highest BCUT2D eigenvalue weighted by Gasteiger charge is 2.13. The third-order valence-corrected chi connectivity index (χ3v) is 4.84. The Balaban J connectivity index is 1.34. The normalized spacial score (nSPS) is 14.1. The molecule has 1 aliphatic rings. The number of hydrogen-bond donors (Lipinski definition) is 1. The largest absolute Gasteiger partial charge is 0.378 e. The van der Waals surface area contributed by atoms with Gasteiger partial charge in [-0.05, 0) is 31.2 Å². The van der Waals surface area contributed by atoms with Crippen molar-refractivity contribution in [1.29, 1.82) is 0 Å². The summed E-state index contributed by atoms with van der Waals surface area (Å²) < 4.78 is 10.7. The number of ether oxygens (including phenoxy) is 1. The molecule has 1 N–H and O–H groups in total. The Morgan fingerprint density at radius 3 is 2.50 bits per heavy atom. The molecule has 4 rings (SSSR count). The first-order valence-corrected chi connectivity index (χ1v) is 9.43. The molecule has 2 heterocycles. The summed E-state index contributed by atoms with van der Waals surface area (Å²) in [6.07, 6.45) is 0. The number of amides is 1. The number of hydrogen-bond acceptors (Lipinski definition) is 5. The summed E-state index contributed by atoms with van der Waals surface area (Å²) in [7, 11) is 0. The first kappa shape index (κ1) is 18.3. The molecule has 1 fully saturated rings. The van der Waals surface area contributed by atoms with Crippen LogP contribution in [0.15, 0.2) is 59.1 Å². The van der Waals surface area contributed by atoms with Gasteiger partial charge in [0.25, 0.3) is 5.91 Å². The van der Waals surface area contributed by atoms with Crippen molar-refractivity contribution in [2.45, 2.75) is 13.5 Å². The highest BCUT2D eigenvalue weighted by atomic mass is 16.5. The maximum Gasteiger partial charge on any atom is 0.251 e. The molecule has 0 unspecified atom stereocenters. The molecule has 6 nitrogen and oxygen atoms in total. The van der Waals surface area contributed by atoms with E-state index in [4.69, 9.17) is 9.26 Å². The number of nitrogens with zero attached hydrogens (tertiary/aromatic N) is 2. The van der Waals surface area contributed by atoms with Crippen LogP contribution < -0.4 is 10.2 Å². The van der Waals surface area contributed by atoms with Crippen LogP contribution in [0.1, 0.15) is 21.7 Å². The van der Waals surface area contributed by atoms with Crippen LogP contribution in [0.25, 0.3) is 11.3 Å². The fourth-order valence-corrected chi connectivity index (χ4v) is 3.17. The van der Waals surface area contributed by atoms with E-state index in [9.17, 15) is 4.79 Å². The minimum Gasteiger partial charge on any atom is -0.378 e. The molecule has 0 atom stereocenters. The predicted octanol–water partition coefficient (Wildman–Crippen LogP) is 3.42. The summed E-state index contributed by atoms with van der Waals surface area (Å²) in [5.74, 6) is 0.482. The number of carbonyl (C=O) groups is 1. The van der Waals surface area contributed by atoms with Crippen LogP contribution in [0.5, 0.6) is 0 Å². The average Bonchev–Trinajstić information content (AvgIpc) is 3.22. The lowest BCUT2D eigenvalue weighted by Crippen LogP contribution is -2.36. The average molecular weight is 377 g/mol. The number of nitrogens with one attached hydrogen (secondary N) is 1. The lowest BCUT2D eigenvalue weighted by molar-refractivity contribution is 0.0947. The fraction of sp³-hybridized carbons (Fsp3) is 0.273. The van der Waals surface area contributed by atoms with Gasteiger partial charge in [0.15, 0.2) is 5.76 Å². The molecule has 28 heavy (non-hydrogen) atoms. The highest BCUT2D eigenvalue weighted by Crippen LogP contribution is 2.20. The van der Waals surface area contributed by atoms with E-state index >= 15 is 0 Å². The third kappa shape index (κ3) is 4.23. The van der Waals surface area contributed by atoms with Gasteiger partial charge in [-0.25, -0.2) is 0 Å². The Morgan fingerprint density at radius 2 is 1.79 bits per heavy atom. The summed E-state index contributed by atoms with van der Waals surface area (Å²) in [6, 6.07) is 17.6. The van der Waals surface area contributed by atoms with E-state index in [2.05, 4.69) is 15.4 Å². The van der Waals surface area contributed by atoms with Crippen molar-refractivity contribution >= 4 is 11.6 Å². The van der Waals surface area contributed by atoms with Crippen LogP contribution in [-0.2, 0) is 11.3 Å². The quantitative estimate of drug-likeness (QED) is 0.738. The highest BCUT2D eigenvalue weighted by molar-refractivity contribution is 5.94. The summed E-state index contributed by atoms with van der Waals surface area (Å²) >= 11 is 0. The van der Waals surface area contributed by atoms with Crippen molar-refractivity contribution in [3.8, 4) is 11.3 Å². The molecule has 0 bridgehead atoms. The summed E-state index contributed by atoms with van der Waals surface area (Å²) in [5.41, 5.74) is 4.68. The molecule has 1 saturated heterocycles. The second kappa shape index (κ2) is 8.27. The van der Waals surface area contributed by atoms with Gasteiger partial charge < -0.3 is 19.5 Å². The SMILES string of the molecule is Cc1ccc(-c2cc(CNC(=O)c3ccc(N4CCOCC4)cc3)on2)cc1. The number of aromatic nitrogens is 1. The van der Waals surface area contributed by atoms with E-state index < -0.39 is 0 Å². The van der Waals surface area contributed by atoms with Crippen molar-refractivity contribution in [2.75, 3.05) is 31.2 Å². The van der Waals surface area contributed by atoms with Crippen molar-refractivity contribution in [2.24, 2.45) is 0 Å². The molecule has 1 aromatic heterocycles. The van der Waals surface area contributed by atoms with Gasteiger partial charge in [0, 0.05) is 36.0 Å². The van der Waals surface area contributed by atoms with Crippen molar-refractivity contribution < 1.29 is 14.1 Å². The maximum atomic E-state index is 12.4. The van der Waals surface area contributed by atoms with Gasteiger partial charge in [-0.3, -0.25) is 4.79 Å². The lowest BCUT2D eigenvalue weighted by Gasteiger charge is -2.28. The second-order valence-electron chi connectivity index (χ2n) is 6.87. The number of aryl methyl sites for hydroxylation is 1. The number of morpholine rings is 1. The van der Waals surface area contributed by atoms with Crippen LogP contribution in [0.4, 0.5) is 5.69 Å². The lowest BCUT2D eigenvalue weighted by atomic mass is 10.1. The van der Waals surface area contributed by atoms with E-state index in [1.165, 1.54) is 5.56 Å². The van der Waals surface area contributed by atoms with Gasteiger partial charge in [-0.1, -0.05) is 35.0 Å². The number of rotatable bonds is 5.